The molecule has 0 radical (unpaired) electrons. The van der Waals surface area contributed by atoms with Crippen molar-refractivity contribution in [1.29, 1.82) is 0 Å². The number of allylic oxidation sites excluding steroid dienone is 3. The highest BCUT2D eigenvalue weighted by atomic mass is 35.5. The van der Waals surface area contributed by atoms with E-state index in [9.17, 15) is 33.9 Å². The van der Waals surface area contributed by atoms with E-state index in [2.05, 4.69) is 16.0 Å². The second-order valence-corrected chi connectivity index (χ2v) is 18.2. The minimum Gasteiger partial charge on any atom is -0.495 e. The molecule has 3 unspecified atom stereocenters. The third-order valence-electron chi connectivity index (χ3n) is 11.0. The van der Waals surface area contributed by atoms with Crippen LogP contribution < -0.4 is 25.6 Å². The van der Waals surface area contributed by atoms with Crippen LogP contribution in [0, 0.1) is 12.3 Å². The number of hydrogen-bond acceptors (Lipinski definition) is 10. The Morgan fingerprint density at radius 3 is 2.29 bits per heavy atom. The molecule has 0 saturated carbocycles. The third-order valence-corrected chi connectivity index (χ3v) is 11.4. The second kappa shape index (κ2) is 30.9. The van der Waals surface area contributed by atoms with Gasteiger partial charge in [-0.1, -0.05) is 108 Å². The highest BCUT2D eigenvalue weighted by Crippen LogP contribution is 2.38. The molecule has 5 amide bonds. The van der Waals surface area contributed by atoms with Crippen molar-refractivity contribution in [3.8, 4) is 5.75 Å². The Morgan fingerprint density at radius 2 is 1.71 bits per heavy atom. The molecule has 3 aliphatic heterocycles. The molecule has 17 heteroatoms. The van der Waals surface area contributed by atoms with Crippen LogP contribution in [-0.2, 0) is 39.9 Å². The largest absolute Gasteiger partial charge is 0.495 e. The number of alkyl carbamates (subject to hydrolysis) is 1. The van der Waals surface area contributed by atoms with Gasteiger partial charge in [0.15, 0.2) is 0 Å². The average molecular weight is 987 g/mol. The maximum atomic E-state index is 12.9. The van der Waals surface area contributed by atoms with Gasteiger partial charge in [-0.05, 0) is 76.3 Å². The number of epoxide rings is 1. The second-order valence-electron chi connectivity index (χ2n) is 17.8. The summed E-state index contributed by atoms with van der Waals surface area (Å²) in [6.07, 6.45) is 10.5. The quantitative estimate of drug-likeness (QED) is 0.0813. The molecule has 5 N–H and O–H groups in total. The minimum atomic E-state index is -1.37. The highest BCUT2D eigenvalue weighted by molar-refractivity contribution is 6.35. The first-order chi connectivity index (χ1) is 32.5. The number of methoxy groups -OCH3 is 1. The molecule has 0 spiro atoms. The van der Waals surface area contributed by atoms with E-state index in [1.54, 1.807) is 19.1 Å². The molecule has 5 rings (SSSR count). The van der Waals surface area contributed by atoms with Crippen LogP contribution in [0.4, 0.5) is 16.2 Å². The summed E-state index contributed by atoms with van der Waals surface area (Å²) in [6.45, 7) is 19.8. The highest BCUT2D eigenvalue weighted by Gasteiger charge is 2.45. The molecule has 5 atom stereocenters. The number of carbonyl (C=O) groups is 6. The zero-order valence-electron chi connectivity index (χ0n) is 43.2. The van der Waals surface area contributed by atoms with Crippen molar-refractivity contribution in [2.24, 2.45) is 5.41 Å². The number of nitrogens with one attached hydrogen (secondary N) is 3. The summed E-state index contributed by atoms with van der Waals surface area (Å²) in [4.78, 5) is 71.1. The summed E-state index contributed by atoms with van der Waals surface area (Å²) >= 11 is 6.54. The molecular weight excluding hydrogens is 906 g/mol. The van der Waals surface area contributed by atoms with Crippen LogP contribution in [-0.4, -0.2) is 109 Å². The number of benzene rings is 2. The number of anilines is 2. The van der Waals surface area contributed by atoms with Gasteiger partial charge in [0, 0.05) is 63.8 Å². The molecule has 3 heterocycles. The molecule has 3 aliphatic rings. The molecule has 2 fully saturated rings. The number of nitrogens with zero attached hydrogens (tertiary/aromatic N) is 2. The van der Waals surface area contributed by atoms with E-state index in [0.717, 1.165) is 41.0 Å². The van der Waals surface area contributed by atoms with Gasteiger partial charge in [-0.3, -0.25) is 24.5 Å². The van der Waals surface area contributed by atoms with Crippen molar-refractivity contribution in [3.63, 3.8) is 0 Å². The number of hydrogen-bond donors (Lipinski definition) is 5. The molecule has 2 aromatic carbocycles. The number of aliphatic hydroxyl groups is 1. The summed E-state index contributed by atoms with van der Waals surface area (Å²) < 4.78 is 16.5. The van der Waals surface area contributed by atoms with Crippen LogP contribution in [0.3, 0.4) is 0 Å². The standard InChI is InChI=1S/C25H31ClN2O6.C18H28N2O2.C5H9NO3.2C2H6/c1-15-6-4-5-9-25(31)14-17(33-24(30)27-25)13-20-19(34-20)7-8-22(29)28(2)18-11-16(10-15)12-21(32-3)23(18)26;1-14-9-11-15(12-10-14)20-16(21)8-6-5-7-13-19-17(22)18(2,3)4;1-4(5(8)9)6(2)3-7;2*1-2/h4-6,11-12,17,19-20,31H,7-10,13-14H2,1-3H3,(H,27,30);9-12H,5-8,13H2,1-4H3,(H,19,22)(H,20,21);3-4H,1-2H3,(H,8,9);2*1-2H3/b5-4+,15-6+;;;;/t17?,19?,20?,25-;;4-;;/m1.0../s1. The Labute approximate surface area is 415 Å². The fourth-order valence-electron chi connectivity index (χ4n) is 6.76. The fourth-order valence-corrected chi connectivity index (χ4v) is 7.08. The number of likely N-dealkylation sites (N-methyl/N-ethyl adjacent to an activating group) is 1. The van der Waals surface area contributed by atoms with Gasteiger partial charge in [-0.2, -0.15) is 0 Å². The normalized spacial score (nSPS) is 21.3. The number of carbonyl (C=O) groups excluding carboxylic acids is 5. The van der Waals surface area contributed by atoms with E-state index in [1.165, 1.54) is 19.5 Å². The lowest BCUT2D eigenvalue weighted by atomic mass is 9.96. The molecule has 4 bridgehead atoms. The molecule has 16 nitrogen and oxygen atoms in total. The van der Waals surface area contributed by atoms with Crippen LogP contribution in [0.5, 0.6) is 5.75 Å². The molecular formula is C52H80ClN5O11. The Hall–Kier alpha value is -5.45. The first kappa shape index (κ1) is 61.6. The van der Waals surface area contributed by atoms with E-state index in [4.69, 9.17) is 30.9 Å². The minimum absolute atomic E-state index is 0.0441. The Morgan fingerprint density at radius 1 is 1.06 bits per heavy atom. The zero-order chi connectivity index (χ0) is 52.5. The van der Waals surface area contributed by atoms with Gasteiger partial charge in [0.05, 0.1) is 25.0 Å². The maximum Gasteiger partial charge on any atom is 0.409 e. The van der Waals surface area contributed by atoms with Gasteiger partial charge in [-0.15, -0.1) is 0 Å². The Kier molecular flexibility index (Phi) is 27.6. The van der Waals surface area contributed by atoms with Gasteiger partial charge in [0.1, 0.15) is 28.6 Å². The van der Waals surface area contributed by atoms with E-state index in [0.29, 0.717) is 61.5 Å². The predicted octanol–water partition coefficient (Wildman–Crippen LogP) is 9.14. The van der Waals surface area contributed by atoms with Gasteiger partial charge in [0.25, 0.3) is 0 Å². The van der Waals surface area contributed by atoms with E-state index < -0.39 is 29.9 Å². The third kappa shape index (κ3) is 22.7. The van der Waals surface area contributed by atoms with Crippen LogP contribution in [0.1, 0.15) is 131 Å². The zero-order valence-corrected chi connectivity index (χ0v) is 44.0. The van der Waals surface area contributed by atoms with Crippen molar-refractivity contribution in [3.05, 3.63) is 76.3 Å². The lowest BCUT2D eigenvalue weighted by molar-refractivity contribution is -0.144. The monoisotopic (exact) mass is 986 g/mol. The number of aryl methyl sites for hydroxylation is 1. The average Bonchev–Trinajstić information content (AvgIpc) is 4.06. The maximum absolute atomic E-state index is 12.9. The number of ether oxygens (including phenoxy) is 3. The number of rotatable bonds is 11. The summed E-state index contributed by atoms with van der Waals surface area (Å²) in [6, 6.07) is 10.8. The number of carboxylic acid groups (broad SMARTS) is 1. The van der Waals surface area contributed by atoms with Gasteiger partial charge >= 0.3 is 12.1 Å². The molecule has 0 aliphatic carbocycles. The first-order valence-corrected chi connectivity index (χ1v) is 24.3. The van der Waals surface area contributed by atoms with E-state index >= 15 is 0 Å². The fraction of sp³-hybridized carbons (Fsp3) is 0.577. The van der Waals surface area contributed by atoms with Gasteiger partial charge < -0.3 is 44.9 Å². The lowest BCUT2D eigenvalue weighted by Gasteiger charge is -2.36. The molecule has 2 saturated heterocycles. The topological polar surface area (TPSA) is 216 Å². The van der Waals surface area contributed by atoms with Crippen molar-refractivity contribution < 1.29 is 53.2 Å². The van der Waals surface area contributed by atoms with Gasteiger partial charge in [0.2, 0.25) is 24.1 Å². The summed E-state index contributed by atoms with van der Waals surface area (Å²) in [5.74, 6) is -0.443. The lowest BCUT2D eigenvalue weighted by Crippen LogP contribution is -2.56. The first-order valence-electron chi connectivity index (χ1n) is 23.9. The summed E-state index contributed by atoms with van der Waals surface area (Å²) in [7, 11) is 4.69. The van der Waals surface area contributed by atoms with Crippen LogP contribution >= 0.6 is 11.6 Å². The van der Waals surface area contributed by atoms with E-state index in [1.807, 2.05) is 117 Å². The van der Waals surface area contributed by atoms with Crippen LogP contribution in [0.25, 0.3) is 0 Å². The van der Waals surface area contributed by atoms with Crippen LogP contribution in [0.2, 0.25) is 5.02 Å². The number of amides is 5. The molecule has 386 valence electrons. The summed E-state index contributed by atoms with van der Waals surface area (Å²) in [5.41, 5.74) is 2.93. The predicted molar refractivity (Wildman–Crippen MR) is 272 cm³/mol. The molecule has 0 aromatic heterocycles. The molecule has 2 aromatic rings. The van der Waals surface area contributed by atoms with Gasteiger partial charge in [-0.25, -0.2) is 9.59 Å². The smallest absolute Gasteiger partial charge is 0.409 e. The van der Waals surface area contributed by atoms with Crippen molar-refractivity contribution >= 4 is 59.2 Å². The van der Waals surface area contributed by atoms with Crippen molar-refractivity contribution in [2.45, 2.75) is 164 Å². The number of unbranched alkanes of at least 4 members (excludes halogenated alkanes) is 2. The van der Waals surface area contributed by atoms with Crippen molar-refractivity contribution in [2.75, 3.05) is 38.0 Å². The number of aliphatic carboxylic acids is 1. The van der Waals surface area contributed by atoms with E-state index in [-0.39, 0.29) is 48.2 Å². The number of fused-ring (bicyclic) bond motifs is 5. The molecule has 69 heavy (non-hydrogen) atoms. The Bertz CT molecular complexity index is 2020. The van der Waals surface area contributed by atoms with Crippen molar-refractivity contribution in [1.82, 2.24) is 15.5 Å². The number of carboxylic acids is 1. The number of halogens is 1. The SMILES string of the molecule is CC.CC.COc1cc2cc(c1Cl)N(C)C(=O)CCC1OC1CC1C[C@](O)(C/C=C/C=C(\C)C2)NC(=O)O1.C[C@@H](C(=O)O)N(C)C=O.Cc1ccc(NC(=O)CCCCCNC(=O)C(C)(C)C)cc1. The summed E-state index contributed by atoms with van der Waals surface area (Å²) in [5, 5.41) is 27.9. The Balaban J connectivity index is 0.000000583. The van der Waals surface area contributed by atoms with Crippen LogP contribution in [0.15, 0.2) is 60.2 Å².